The molecular formula is C19H22N2O4S2. The van der Waals surface area contributed by atoms with Crippen molar-refractivity contribution in [3.63, 3.8) is 0 Å². The Bertz CT molecular complexity index is 865. The largest absolute Gasteiger partial charge is 0.477 e. The van der Waals surface area contributed by atoms with Crippen molar-refractivity contribution >= 4 is 34.6 Å². The first-order valence-electron chi connectivity index (χ1n) is 9.26. The molecule has 6 nitrogen and oxygen atoms in total. The molecule has 0 aromatic carbocycles. The van der Waals surface area contributed by atoms with E-state index < -0.39 is 11.6 Å². The van der Waals surface area contributed by atoms with Crippen LogP contribution in [0.5, 0.6) is 0 Å². The maximum Gasteiger partial charge on any atom is 0.345 e. The number of thiophene rings is 1. The van der Waals surface area contributed by atoms with Crippen LogP contribution < -0.4 is 0 Å². The van der Waals surface area contributed by atoms with E-state index in [-0.39, 0.29) is 5.91 Å². The lowest BCUT2D eigenvalue weighted by Crippen LogP contribution is -2.48. The van der Waals surface area contributed by atoms with Gasteiger partial charge in [0.15, 0.2) is 0 Å². The van der Waals surface area contributed by atoms with Crippen LogP contribution in [0.1, 0.15) is 61.8 Å². The number of carbonyl (C=O) groups is 2. The van der Waals surface area contributed by atoms with Crippen LogP contribution in [0.15, 0.2) is 11.4 Å². The molecule has 1 spiro atoms. The molecule has 0 bridgehead atoms. The number of carboxylic acids is 1. The maximum absolute atomic E-state index is 12.8. The number of aromatic carboxylic acids is 1. The van der Waals surface area contributed by atoms with Crippen LogP contribution >= 0.6 is 22.7 Å². The normalized spacial score (nSPS) is 18.5. The van der Waals surface area contributed by atoms with E-state index in [1.165, 1.54) is 11.3 Å². The Kier molecular flexibility index (Phi) is 5.05. The number of carboxylic acid groups (broad SMARTS) is 1. The van der Waals surface area contributed by atoms with Crippen molar-refractivity contribution in [2.24, 2.45) is 0 Å². The van der Waals surface area contributed by atoms with Crippen molar-refractivity contribution in [2.75, 3.05) is 19.7 Å². The number of ether oxygens (including phenoxy) is 1. The molecule has 0 atom stereocenters. The highest BCUT2D eigenvalue weighted by molar-refractivity contribution is 7.14. The van der Waals surface area contributed by atoms with Crippen LogP contribution in [0.4, 0.5) is 0 Å². The summed E-state index contributed by atoms with van der Waals surface area (Å²) >= 11 is 2.87. The Morgan fingerprint density at radius 2 is 2.15 bits per heavy atom. The number of carbonyl (C=O) groups excluding carboxylic acids is 1. The second kappa shape index (κ2) is 7.33. The minimum atomic E-state index is -0.886. The zero-order valence-electron chi connectivity index (χ0n) is 15.2. The van der Waals surface area contributed by atoms with Gasteiger partial charge in [-0.2, -0.15) is 0 Å². The molecule has 0 unspecified atom stereocenters. The molecule has 4 heterocycles. The number of thiazole rings is 1. The highest BCUT2D eigenvalue weighted by atomic mass is 32.1. The molecule has 144 valence electrons. The molecule has 8 heteroatoms. The van der Waals surface area contributed by atoms with Crippen LogP contribution in [-0.4, -0.2) is 46.6 Å². The number of nitrogens with zero attached hydrogens (tertiary/aromatic N) is 2. The number of hydrogen-bond acceptors (Lipinski definition) is 6. The van der Waals surface area contributed by atoms with Gasteiger partial charge in [0.1, 0.15) is 16.2 Å². The van der Waals surface area contributed by atoms with Crippen LogP contribution in [0.2, 0.25) is 0 Å². The SMILES string of the molecule is CCCc1nc(C(=O)N2CCC3(CC2)OCCc2cc(C(=O)O)sc23)cs1. The van der Waals surface area contributed by atoms with Crippen LogP contribution in [0.3, 0.4) is 0 Å². The fourth-order valence-electron chi connectivity index (χ4n) is 3.87. The molecule has 2 aromatic rings. The Balaban J connectivity index is 1.49. The monoisotopic (exact) mass is 406 g/mol. The van der Waals surface area contributed by atoms with Crippen molar-refractivity contribution < 1.29 is 19.4 Å². The third-order valence-electron chi connectivity index (χ3n) is 5.28. The number of aromatic nitrogens is 1. The molecular weight excluding hydrogens is 384 g/mol. The summed E-state index contributed by atoms with van der Waals surface area (Å²) in [5, 5.41) is 12.2. The molecule has 4 rings (SSSR count). The van der Waals surface area contributed by atoms with Crippen molar-refractivity contribution in [1.82, 2.24) is 9.88 Å². The van der Waals surface area contributed by atoms with Gasteiger partial charge in [0.25, 0.3) is 5.91 Å². The van der Waals surface area contributed by atoms with Gasteiger partial charge in [0, 0.05) is 23.3 Å². The zero-order chi connectivity index (χ0) is 19.0. The lowest BCUT2D eigenvalue weighted by molar-refractivity contribution is -0.0906. The molecule has 1 saturated heterocycles. The van der Waals surface area contributed by atoms with Crippen molar-refractivity contribution in [2.45, 2.75) is 44.6 Å². The molecule has 0 saturated carbocycles. The van der Waals surface area contributed by atoms with Gasteiger partial charge in [-0.15, -0.1) is 22.7 Å². The Labute approximate surface area is 165 Å². The molecule has 0 radical (unpaired) electrons. The van der Waals surface area contributed by atoms with Crippen molar-refractivity contribution in [3.8, 4) is 0 Å². The van der Waals surface area contributed by atoms with Crippen LogP contribution in [-0.2, 0) is 23.2 Å². The molecule has 1 fully saturated rings. The van der Waals surface area contributed by atoms with Gasteiger partial charge in [-0.1, -0.05) is 6.92 Å². The van der Waals surface area contributed by atoms with Crippen molar-refractivity contribution in [3.05, 3.63) is 37.5 Å². The highest BCUT2D eigenvalue weighted by Gasteiger charge is 2.43. The third-order valence-corrected chi connectivity index (χ3v) is 7.54. The fraction of sp³-hybridized carbons (Fsp3) is 0.526. The number of rotatable bonds is 4. The Morgan fingerprint density at radius 3 is 2.85 bits per heavy atom. The number of piperidine rings is 1. The molecule has 27 heavy (non-hydrogen) atoms. The summed E-state index contributed by atoms with van der Waals surface area (Å²) in [6, 6.07) is 1.79. The number of amides is 1. The molecule has 2 aromatic heterocycles. The third kappa shape index (κ3) is 3.41. The van der Waals surface area contributed by atoms with E-state index in [4.69, 9.17) is 4.74 Å². The summed E-state index contributed by atoms with van der Waals surface area (Å²) in [5.74, 6) is -0.902. The number of fused-ring (bicyclic) bond motifs is 2. The maximum atomic E-state index is 12.8. The van der Waals surface area contributed by atoms with Crippen molar-refractivity contribution in [1.29, 1.82) is 0 Å². The molecule has 0 aliphatic carbocycles. The fourth-order valence-corrected chi connectivity index (χ4v) is 5.99. The number of hydrogen-bond donors (Lipinski definition) is 1. The van der Waals surface area contributed by atoms with E-state index in [1.54, 1.807) is 17.4 Å². The number of aryl methyl sites for hydroxylation is 1. The summed E-state index contributed by atoms with van der Waals surface area (Å²) in [7, 11) is 0. The van der Waals surface area contributed by atoms with Crippen LogP contribution in [0.25, 0.3) is 0 Å². The first kappa shape index (κ1) is 18.6. The standard InChI is InChI=1S/C19H22N2O4S2/c1-2-3-15-20-13(11-26-15)17(22)21-7-5-19(6-8-21)16-12(4-9-25-19)10-14(27-16)18(23)24/h10-11H,2-9H2,1H3,(H,23,24). The summed E-state index contributed by atoms with van der Waals surface area (Å²) < 4.78 is 6.16. The molecule has 1 amide bonds. The predicted molar refractivity (Wildman–Crippen MR) is 104 cm³/mol. The first-order valence-corrected chi connectivity index (χ1v) is 11.0. The summed E-state index contributed by atoms with van der Waals surface area (Å²) in [5.41, 5.74) is 1.18. The summed E-state index contributed by atoms with van der Waals surface area (Å²) in [4.78, 5) is 31.9. The summed E-state index contributed by atoms with van der Waals surface area (Å²) in [6.45, 7) is 3.90. The lowest BCUT2D eigenvalue weighted by Gasteiger charge is -2.43. The smallest absolute Gasteiger partial charge is 0.345 e. The van der Waals surface area contributed by atoms with Gasteiger partial charge in [-0.25, -0.2) is 9.78 Å². The van der Waals surface area contributed by atoms with E-state index in [2.05, 4.69) is 11.9 Å². The zero-order valence-corrected chi connectivity index (χ0v) is 16.8. The highest BCUT2D eigenvalue weighted by Crippen LogP contribution is 2.45. The molecule has 1 N–H and O–H groups in total. The quantitative estimate of drug-likeness (QED) is 0.840. The Hall–Kier alpha value is -1.77. The first-order chi connectivity index (χ1) is 13.0. The minimum Gasteiger partial charge on any atom is -0.477 e. The van der Waals surface area contributed by atoms with Gasteiger partial charge >= 0.3 is 5.97 Å². The van der Waals surface area contributed by atoms with Gasteiger partial charge in [0.2, 0.25) is 0 Å². The number of likely N-dealkylation sites (tertiary alicyclic amines) is 1. The van der Waals surface area contributed by atoms with E-state index in [1.807, 2.05) is 10.3 Å². The lowest BCUT2D eigenvalue weighted by atomic mass is 9.85. The molecule has 2 aliphatic rings. The summed E-state index contributed by atoms with van der Waals surface area (Å²) in [6.07, 6.45) is 4.06. The predicted octanol–water partition coefficient (Wildman–Crippen LogP) is 3.56. The average molecular weight is 407 g/mol. The van der Waals surface area contributed by atoms with Crippen LogP contribution in [0, 0.1) is 0 Å². The van der Waals surface area contributed by atoms with Gasteiger partial charge in [-0.3, -0.25) is 4.79 Å². The second-order valence-electron chi connectivity index (χ2n) is 7.03. The molecule has 2 aliphatic heterocycles. The minimum absolute atomic E-state index is 0.0168. The second-order valence-corrected chi connectivity index (χ2v) is 9.03. The van der Waals surface area contributed by atoms with E-state index in [0.717, 1.165) is 34.7 Å². The van der Waals surface area contributed by atoms with E-state index in [9.17, 15) is 14.7 Å². The van der Waals surface area contributed by atoms with Gasteiger partial charge in [-0.05, 0) is 43.7 Å². The van der Waals surface area contributed by atoms with E-state index >= 15 is 0 Å². The average Bonchev–Trinajstić information content (AvgIpc) is 3.30. The topological polar surface area (TPSA) is 79.7 Å². The van der Waals surface area contributed by atoms with Gasteiger partial charge in [0.05, 0.1) is 11.6 Å². The van der Waals surface area contributed by atoms with E-state index in [0.29, 0.717) is 43.1 Å². The Morgan fingerprint density at radius 1 is 1.37 bits per heavy atom. The van der Waals surface area contributed by atoms with Gasteiger partial charge < -0.3 is 14.7 Å².